The fraction of sp³-hybridized carbons (Fsp3) is 0.389. The van der Waals surface area contributed by atoms with Crippen LogP contribution in [0.5, 0.6) is 5.75 Å². The summed E-state index contributed by atoms with van der Waals surface area (Å²) in [6.45, 7) is 2.25. The summed E-state index contributed by atoms with van der Waals surface area (Å²) in [6, 6.07) is 6.95. The number of benzene rings is 1. The van der Waals surface area contributed by atoms with Crippen molar-refractivity contribution in [1.82, 2.24) is 5.32 Å². The molecule has 4 nitrogen and oxygen atoms in total. The van der Waals surface area contributed by atoms with E-state index >= 15 is 0 Å². The highest BCUT2D eigenvalue weighted by Crippen LogP contribution is 2.43. The number of amides is 1. The third-order valence-corrected chi connectivity index (χ3v) is 6.13. The molecule has 2 atom stereocenters. The van der Waals surface area contributed by atoms with E-state index in [9.17, 15) is 9.90 Å². The lowest BCUT2D eigenvalue weighted by atomic mass is 9.85. The molecule has 0 saturated carbocycles. The molecule has 2 aromatic rings. The smallest absolute Gasteiger partial charge is 0.256 e. The van der Waals surface area contributed by atoms with Crippen LogP contribution < -0.4 is 10.6 Å². The molecule has 1 aliphatic heterocycles. The second kappa shape index (κ2) is 5.57. The van der Waals surface area contributed by atoms with E-state index in [0.29, 0.717) is 0 Å². The Morgan fingerprint density at radius 1 is 1.26 bits per heavy atom. The Hall–Kier alpha value is -2.01. The number of hydrogen-bond acceptors (Lipinski definition) is 4. The Morgan fingerprint density at radius 2 is 2.04 bits per heavy atom. The van der Waals surface area contributed by atoms with Gasteiger partial charge in [0, 0.05) is 4.88 Å². The van der Waals surface area contributed by atoms with Crippen molar-refractivity contribution in [2.75, 3.05) is 5.32 Å². The van der Waals surface area contributed by atoms with Crippen molar-refractivity contribution in [2.45, 2.75) is 38.8 Å². The number of nitrogens with one attached hydrogen (secondary N) is 2. The molecule has 0 saturated heterocycles. The predicted octanol–water partition coefficient (Wildman–Crippen LogP) is 3.82. The van der Waals surface area contributed by atoms with Gasteiger partial charge in [-0.2, -0.15) is 0 Å². The van der Waals surface area contributed by atoms with E-state index in [1.54, 1.807) is 23.5 Å². The maximum atomic E-state index is 12.6. The molecule has 0 unspecified atom stereocenters. The molecule has 4 rings (SSSR count). The zero-order valence-corrected chi connectivity index (χ0v) is 13.9. The van der Waals surface area contributed by atoms with Crippen LogP contribution in [-0.4, -0.2) is 11.0 Å². The number of carbonyl (C=O) groups excluding carboxylic acids is 1. The molecule has 0 spiro atoms. The van der Waals surface area contributed by atoms with E-state index in [4.69, 9.17) is 0 Å². The lowest BCUT2D eigenvalue weighted by Gasteiger charge is -2.27. The Kier molecular flexibility index (Phi) is 3.53. The Balaban J connectivity index is 1.66. The minimum absolute atomic E-state index is 0.0178. The van der Waals surface area contributed by atoms with Crippen LogP contribution in [0, 0.1) is 5.92 Å². The maximum absolute atomic E-state index is 12.6. The van der Waals surface area contributed by atoms with Gasteiger partial charge >= 0.3 is 0 Å². The number of rotatable bonds is 2. The van der Waals surface area contributed by atoms with Gasteiger partial charge in [-0.1, -0.05) is 25.5 Å². The molecule has 0 radical (unpaired) electrons. The zero-order chi connectivity index (χ0) is 16.0. The summed E-state index contributed by atoms with van der Waals surface area (Å²) < 4.78 is 0. The van der Waals surface area contributed by atoms with Gasteiger partial charge in [0.1, 0.15) is 16.9 Å². The zero-order valence-electron chi connectivity index (χ0n) is 13.1. The highest BCUT2D eigenvalue weighted by Gasteiger charge is 2.33. The van der Waals surface area contributed by atoms with Gasteiger partial charge < -0.3 is 15.7 Å². The molecular weight excluding hydrogens is 308 g/mol. The standard InChI is InChI=1S/C18H20N2O2S/c1-2-10-3-8-13-14(9-10)23-18-15(13)17(22)19-16(20-18)11-4-6-12(21)7-5-11/h4-7,10,16,20-21H,2-3,8-9H2,1H3,(H,19,22)/t10-,16+/m0/s1. The third kappa shape index (κ3) is 2.49. The predicted molar refractivity (Wildman–Crippen MR) is 92.1 cm³/mol. The second-order valence-corrected chi connectivity index (χ2v) is 7.47. The molecule has 1 aromatic heterocycles. The summed E-state index contributed by atoms with van der Waals surface area (Å²) in [4.78, 5) is 14.0. The fourth-order valence-electron chi connectivity index (χ4n) is 3.55. The van der Waals surface area contributed by atoms with E-state index < -0.39 is 0 Å². The van der Waals surface area contributed by atoms with Crippen molar-refractivity contribution >= 4 is 22.2 Å². The van der Waals surface area contributed by atoms with E-state index in [2.05, 4.69) is 17.6 Å². The molecule has 3 N–H and O–H groups in total. The van der Waals surface area contributed by atoms with Crippen LogP contribution in [0.4, 0.5) is 5.00 Å². The van der Waals surface area contributed by atoms with Crippen LogP contribution in [0.1, 0.15) is 52.3 Å². The van der Waals surface area contributed by atoms with Gasteiger partial charge in [-0.3, -0.25) is 4.79 Å². The average Bonchev–Trinajstić information content (AvgIpc) is 2.93. The molecule has 0 fully saturated rings. The summed E-state index contributed by atoms with van der Waals surface area (Å²) in [5, 5.41) is 16.9. The summed E-state index contributed by atoms with van der Waals surface area (Å²) in [5.74, 6) is 0.997. The van der Waals surface area contributed by atoms with Crippen molar-refractivity contribution in [3.8, 4) is 5.75 Å². The van der Waals surface area contributed by atoms with Gasteiger partial charge in [0.05, 0.1) is 5.56 Å². The molecule has 1 aromatic carbocycles. The number of thiophene rings is 1. The van der Waals surface area contributed by atoms with Crippen LogP contribution in [0.15, 0.2) is 24.3 Å². The molecule has 120 valence electrons. The van der Waals surface area contributed by atoms with Crippen LogP contribution in [0.2, 0.25) is 0 Å². The van der Waals surface area contributed by atoms with Gasteiger partial charge in [0.15, 0.2) is 0 Å². The first-order valence-electron chi connectivity index (χ1n) is 8.16. The van der Waals surface area contributed by atoms with E-state index in [0.717, 1.165) is 34.9 Å². The van der Waals surface area contributed by atoms with Crippen molar-refractivity contribution in [1.29, 1.82) is 0 Å². The van der Waals surface area contributed by atoms with Crippen molar-refractivity contribution in [2.24, 2.45) is 5.92 Å². The quantitative estimate of drug-likeness (QED) is 0.785. The van der Waals surface area contributed by atoms with Gasteiger partial charge in [-0.25, -0.2) is 0 Å². The second-order valence-electron chi connectivity index (χ2n) is 6.37. The minimum Gasteiger partial charge on any atom is -0.508 e. The van der Waals surface area contributed by atoms with Crippen molar-refractivity contribution in [3.05, 3.63) is 45.8 Å². The average molecular weight is 328 g/mol. The summed E-state index contributed by atoms with van der Waals surface area (Å²) in [6.07, 6.45) is 4.26. The first-order valence-corrected chi connectivity index (χ1v) is 8.98. The van der Waals surface area contributed by atoms with Crippen molar-refractivity contribution < 1.29 is 9.90 Å². The molecule has 2 aliphatic rings. The lowest BCUT2D eigenvalue weighted by molar-refractivity contribution is 0.0935. The molecule has 5 heteroatoms. The van der Waals surface area contributed by atoms with Crippen LogP contribution in [-0.2, 0) is 12.8 Å². The van der Waals surface area contributed by atoms with Crippen LogP contribution in [0.25, 0.3) is 0 Å². The fourth-order valence-corrected chi connectivity index (χ4v) is 4.94. The monoisotopic (exact) mass is 328 g/mol. The maximum Gasteiger partial charge on any atom is 0.256 e. The highest BCUT2D eigenvalue weighted by molar-refractivity contribution is 7.16. The molecule has 23 heavy (non-hydrogen) atoms. The third-order valence-electron chi connectivity index (χ3n) is 4.95. The first-order chi connectivity index (χ1) is 11.2. The van der Waals surface area contributed by atoms with E-state index in [-0.39, 0.29) is 17.8 Å². The Labute approximate surface area is 139 Å². The minimum atomic E-state index is -0.238. The number of phenolic OH excluding ortho intramolecular Hbond substituents is 1. The number of fused-ring (bicyclic) bond motifs is 3. The first kappa shape index (κ1) is 14.6. The summed E-state index contributed by atoms with van der Waals surface area (Å²) in [5.41, 5.74) is 3.05. The van der Waals surface area contributed by atoms with Gasteiger partial charge in [-0.15, -0.1) is 11.3 Å². The van der Waals surface area contributed by atoms with E-state index in [1.807, 2.05) is 12.1 Å². The van der Waals surface area contributed by atoms with Crippen LogP contribution in [0.3, 0.4) is 0 Å². The van der Waals surface area contributed by atoms with E-state index in [1.165, 1.54) is 23.3 Å². The Morgan fingerprint density at radius 3 is 2.78 bits per heavy atom. The number of hydrogen-bond donors (Lipinski definition) is 3. The number of carbonyl (C=O) groups is 1. The van der Waals surface area contributed by atoms with Gasteiger partial charge in [0.25, 0.3) is 5.91 Å². The topological polar surface area (TPSA) is 61.4 Å². The number of phenols is 1. The normalized spacial score (nSPS) is 22.7. The molecule has 1 aliphatic carbocycles. The van der Waals surface area contributed by atoms with Crippen molar-refractivity contribution in [3.63, 3.8) is 0 Å². The molecule has 0 bridgehead atoms. The lowest BCUT2D eigenvalue weighted by Crippen LogP contribution is -2.38. The highest BCUT2D eigenvalue weighted by atomic mass is 32.1. The van der Waals surface area contributed by atoms with Crippen LogP contribution >= 0.6 is 11.3 Å². The molecule has 1 amide bonds. The largest absolute Gasteiger partial charge is 0.508 e. The summed E-state index contributed by atoms with van der Waals surface area (Å²) >= 11 is 1.74. The number of aromatic hydroxyl groups is 1. The van der Waals surface area contributed by atoms with Gasteiger partial charge in [-0.05, 0) is 48.4 Å². The summed E-state index contributed by atoms with van der Waals surface area (Å²) in [7, 11) is 0. The SMILES string of the molecule is CC[C@H]1CCc2c(sc3c2C(=O)N[C@@H](c2ccc(O)cc2)N3)C1. The number of anilines is 1. The molecular formula is C18H20N2O2S. The van der Waals surface area contributed by atoms with Gasteiger partial charge in [0.2, 0.25) is 0 Å². The molecule has 2 heterocycles. The Bertz CT molecular complexity index is 751.